The Hall–Kier alpha value is -1.59. The molecule has 0 aromatic rings. The highest BCUT2D eigenvalue weighted by Gasteiger charge is 2.20. The molecule has 0 aliphatic carbocycles. The van der Waals surface area contributed by atoms with Crippen molar-refractivity contribution in [2.45, 2.75) is 457 Å². The van der Waals surface area contributed by atoms with Gasteiger partial charge in [0, 0.05) is 19.3 Å². The van der Waals surface area contributed by atoms with E-state index in [2.05, 4.69) is 20.8 Å². The number of carbonyl (C=O) groups excluding carboxylic acids is 3. The van der Waals surface area contributed by atoms with Crippen LogP contribution in [0.2, 0.25) is 0 Å². The van der Waals surface area contributed by atoms with Gasteiger partial charge in [-0.3, -0.25) is 14.4 Å². The van der Waals surface area contributed by atoms with E-state index in [1.54, 1.807) is 0 Å². The van der Waals surface area contributed by atoms with Crippen molar-refractivity contribution in [3.63, 3.8) is 0 Å². The molecule has 0 heterocycles. The average molecular weight is 1160 g/mol. The molecule has 6 nitrogen and oxygen atoms in total. The first-order chi connectivity index (χ1) is 40.5. The van der Waals surface area contributed by atoms with Crippen molar-refractivity contribution < 1.29 is 28.6 Å². The summed E-state index contributed by atoms with van der Waals surface area (Å²) in [6.07, 6.45) is 86.1. The fourth-order valence-corrected chi connectivity index (χ4v) is 12.2. The van der Waals surface area contributed by atoms with Gasteiger partial charge in [0.15, 0.2) is 6.10 Å². The number of hydrogen-bond acceptors (Lipinski definition) is 6. The highest BCUT2D eigenvalue weighted by atomic mass is 16.6. The molecule has 6 heteroatoms. The second-order valence-electron chi connectivity index (χ2n) is 26.3. The van der Waals surface area contributed by atoms with Crippen molar-refractivity contribution in [3.8, 4) is 0 Å². The number of carbonyl (C=O) groups is 3. The molecule has 0 saturated heterocycles. The molecule has 0 aromatic heterocycles. The summed E-state index contributed by atoms with van der Waals surface area (Å²) >= 11 is 0. The van der Waals surface area contributed by atoms with E-state index < -0.39 is 6.10 Å². The second-order valence-corrected chi connectivity index (χ2v) is 26.3. The predicted molar refractivity (Wildman–Crippen MR) is 358 cm³/mol. The predicted octanol–water partition coefficient (Wildman–Crippen LogP) is 26.2. The summed E-state index contributed by atoms with van der Waals surface area (Å²) in [6, 6.07) is 0. The van der Waals surface area contributed by atoms with Crippen LogP contribution in [-0.2, 0) is 28.6 Å². The van der Waals surface area contributed by atoms with E-state index in [1.807, 2.05) is 0 Å². The zero-order valence-corrected chi connectivity index (χ0v) is 56.3. The van der Waals surface area contributed by atoms with Crippen LogP contribution in [0.5, 0.6) is 0 Å². The van der Waals surface area contributed by atoms with Gasteiger partial charge in [0.25, 0.3) is 0 Å². The zero-order valence-electron chi connectivity index (χ0n) is 56.3. The molecule has 0 aromatic carbocycles. The lowest BCUT2D eigenvalue weighted by molar-refractivity contribution is -0.167. The largest absolute Gasteiger partial charge is 0.462 e. The van der Waals surface area contributed by atoms with Gasteiger partial charge in [-0.25, -0.2) is 0 Å². The first-order valence-electron chi connectivity index (χ1n) is 38.0. The van der Waals surface area contributed by atoms with Crippen LogP contribution in [0.4, 0.5) is 0 Å². The minimum Gasteiger partial charge on any atom is -0.462 e. The summed E-state index contributed by atoms with van der Waals surface area (Å²) in [5.74, 6) is -0.822. The molecule has 0 spiro atoms. The van der Waals surface area contributed by atoms with Crippen LogP contribution in [0.15, 0.2) is 0 Å². The molecule has 0 aliphatic rings. The van der Waals surface area contributed by atoms with Crippen molar-refractivity contribution >= 4 is 17.9 Å². The average Bonchev–Trinajstić information content (AvgIpc) is 3.47. The Labute approximate surface area is 514 Å². The van der Waals surface area contributed by atoms with Gasteiger partial charge < -0.3 is 14.2 Å². The molecular weight excluding hydrogens is 1010 g/mol. The molecule has 1 atom stereocenters. The van der Waals surface area contributed by atoms with E-state index in [4.69, 9.17) is 14.2 Å². The third-order valence-corrected chi connectivity index (χ3v) is 17.9. The van der Waals surface area contributed by atoms with Crippen molar-refractivity contribution in [3.05, 3.63) is 0 Å². The van der Waals surface area contributed by atoms with Gasteiger partial charge in [0.2, 0.25) is 0 Å². The van der Waals surface area contributed by atoms with Gasteiger partial charge in [-0.2, -0.15) is 0 Å². The van der Waals surface area contributed by atoms with Crippen molar-refractivity contribution in [2.24, 2.45) is 0 Å². The highest BCUT2D eigenvalue weighted by Crippen LogP contribution is 2.20. The summed E-state index contributed by atoms with van der Waals surface area (Å²) in [7, 11) is 0. The van der Waals surface area contributed by atoms with Crippen molar-refractivity contribution in [2.75, 3.05) is 13.2 Å². The first-order valence-corrected chi connectivity index (χ1v) is 38.0. The quantitative estimate of drug-likeness (QED) is 0.0343. The summed E-state index contributed by atoms with van der Waals surface area (Å²) in [4.78, 5) is 38.4. The van der Waals surface area contributed by atoms with Gasteiger partial charge in [-0.15, -0.1) is 0 Å². The van der Waals surface area contributed by atoms with E-state index in [0.29, 0.717) is 19.3 Å². The summed E-state index contributed by atoms with van der Waals surface area (Å²) in [6.45, 7) is 6.73. The van der Waals surface area contributed by atoms with Gasteiger partial charge in [0.05, 0.1) is 0 Å². The Kier molecular flexibility index (Phi) is 70.5. The zero-order chi connectivity index (χ0) is 59.2. The van der Waals surface area contributed by atoms with Gasteiger partial charge >= 0.3 is 17.9 Å². The van der Waals surface area contributed by atoms with Crippen LogP contribution in [0.25, 0.3) is 0 Å². The highest BCUT2D eigenvalue weighted by molar-refractivity contribution is 5.71. The number of hydrogen-bond donors (Lipinski definition) is 0. The normalized spacial score (nSPS) is 11.9. The Bertz CT molecular complexity index is 1240. The van der Waals surface area contributed by atoms with Crippen molar-refractivity contribution in [1.29, 1.82) is 0 Å². The third-order valence-electron chi connectivity index (χ3n) is 17.9. The molecule has 1 unspecified atom stereocenters. The number of rotatable bonds is 72. The monoisotopic (exact) mass is 1160 g/mol. The standard InChI is InChI=1S/C76H148O6/c1-4-7-10-13-16-19-22-24-26-28-30-31-32-33-34-35-36-37-38-39-40-41-42-43-44-45-46-48-49-51-54-57-60-63-66-69-75(78)81-72-73(71-80-74(77)68-65-62-59-56-53-21-18-15-12-9-6-3)82-76(79)70-67-64-61-58-55-52-50-47-29-27-25-23-20-17-14-11-8-5-2/h73H,4-72H2,1-3H3. The van der Waals surface area contributed by atoms with Gasteiger partial charge in [-0.05, 0) is 19.3 Å². The lowest BCUT2D eigenvalue weighted by Crippen LogP contribution is -2.30. The third kappa shape index (κ3) is 69.2. The summed E-state index contributed by atoms with van der Waals surface area (Å²) in [5, 5.41) is 0. The van der Waals surface area contributed by atoms with Crippen LogP contribution < -0.4 is 0 Å². The first kappa shape index (κ1) is 80.4. The fourth-order valence-electron chi connectivity index (χ4n) is 12.2. The summed E-state index contributed by atoms with van der Waals surface area (Å²) < 4.78 is 17.0. The molecule has 0 fully saturated rings. The molecule has 0 bridgehead atoms. The van der Waals surface area contributed by atoms with E-state index in [0.717, 1.165) is 57.8 Å². The lowest BCUT2D eigenvalue weighted by Gasteiger charge is -2.18. The fraction of sp³-hybridized carbons (Fsp3) is 0.961. The number of ether oxygens (including phenoxy) is 3. The number of unbranched alkanes of at least 4 members (excludes halogenated alkanes) is 61. The van der Waals surface area contributed by atoms with E-state index in [9.17, 15) is 14.4 Å². The summed E-state index contributed by atoms with van der Waals surface area (Å²) in [5.41, 5.74) is 0. The smallest absolute Gasteiger partial charge is 0.306 e. The maximum absolute atomic E-state index is 12.9. The van der Waals surface area contributed by atoms with Crippen LogP contribution in [-0.4, -0.2) is 37.2 Å². The Balaban J connectivity index is 3.99. The molecule has 0 amide bonds. The molecule has 0 N–H and O–H groups in total. The van der Waals surface area contributed by atoms with Crippen LogP contribution >= 0.6 is 0 Å². The SMILES string of the molecule is CCCCCCCCCCCCCCCCCCCCCCCCCCCCCCCCCCCCCC(=O)OCC(COC(=O)CCCCCCCCCCCCC)OC(=O)CCCCCCCCCCCCCCCCCCCC. The Morgan fingerprint density at radius 1 is 0.195 bits per heavy atom. The van der Waals surface area contributed by atoms with Crippen LogP contribution in [0.3, 0.4) is 0 Å². The topological polar surface area (TPSA) is 78.9 Å². The van der Waals surface area contributed by atoms with Gasteiger partial charge in [-0.1, -0.05) is 412 Å². The molecule has 488 valence electrons. The van der Waals surface area contributed by atoms with Crippen molar-refractivity contribution in [1.82, 2.24) is 0 Å². The molecule has 0 saturated carbocycles. The Morgan fingerprint density at radius 2 is 0.329 bits per heavy atom. The minimum atomic E-state index is -0.763. The van der Waals surface area contributed by atoms with Gasteiger partial charge in [0.1, 0.15) is 13.2 Å². The molecule has 82 heavy (non-hydrogen) atoms. The maximum Gasteiger partial charge on any atom is 0.306 e. The van der Waals surface area contributed by atoms with E-state index in [-0.39, 0.29) is 31.1 Å². The molecule has 0 rings (SSSR count). The minimum absolute atomic E-state index is 0.0604. The van der Waals surface area contributed by atoms with E-state index >= 15 is 0 Å². The lowest BCUT2D eigenvalue weighted by atomic mass is 10.0. The molecule has 0 radical (unpaired) electrons. The second kappa shape index (κ2) is 71.9. The Morgan fingerprint density at radius 3 is 0.488 bits per heavy atom. The molecule has 0 aliphatic heterocycles. The maximum atomic E-state index is 12.9. The number of esters is 3. The van der Waals surface area contributed by atoms with E-state index in [1.165, 1.54) is 353 Å². The van der Waals surface area contributed by atoms with Crippen LogP contribution in [0.1, 0.15) is 451 Å². The van der Waals surface area contributed by atoms with Crippen LogP contribution in [0, 0.1) is 0 Å². The molecular formula is C76H148O6.